The SMILES string of the molecule is CCOc1cccc(C2c3c(oc4c(C)cc(C)cc4c3=O)C(=O)N2Cc2ccccc2Cl)c1. The second kappa shape index (κ2) is 8.65. The van der Waals surface area contributed by atoms with E-state index in [-0.39, 0.29) is 23.6 Å². The molecule has 0 bridgehead atoms. The van der Waals surface area contributed by atoms with Gasteiger partial charge in [-0.25, -0.2) is 0 Å². The zero-order valence-electron chi connectivity index (χ0n) is 19.2. The summed E-state index contributed by atoms with van der Waals surface area (Å²) in [4.78, 5) is 29.2. The topological polar surface area (TPSA) is 59.8 Å². The summed E-state index contributed by atoms with van der Waals surface area (Å²) >= 11 is 6.43. The molecule has 2 heterocycles. The number of benzene rings is 3. The Bertz CT molecular complexity index is 1490. The molecule has 5 nitrogen and oxygen atoms in total. The maximum atomic E-state index is 13.8. The number of hydrogen-bond donors (Lipinski definition) is 0. The Hall–Kier alpha value is -3.57. The summed E-state index contributed by atoms with van der Waals surface area (Å²) in [5.41, 5.74) is 3.96. The van der Waals surface area contributed by atoms with Crippen molar-refractivity contribution in [3.63, 3.8) is 0 Å². The third kappa shape index (κ3) is 3.66. The number of amides is 1. The van der Waals surface area contributed by atoms with Crippen LogP contribution in [0.15, 0.2) is 69.9 Å². The van der Waals surface area contributed by atoms with Gasteiger partial charge < -0.3 is 14.1 Å². The molecule has 1 atom stereocenters. The molecular formula is C28H24ClNO4. The summed E-state index contributed by atoms with van der Waals surface area (Å²) < 4.78 is 11.9. The van der Waals surface area contributed by atoms with E-state index in [4.69, 9.17) is 20.8 Å². The second-order valence-electron chi connectivity index (χ2n) is 8.56. The molecule has 0 N–H and O–H groups in total. The van der Waals surface area contributed by atoms with Gasteiger partial charge in [0.25, 0.3) is 5.91 Å². The highest BCUT2D eigenvalue weighted by Crippen LogP contribution is 2.41. The monoisotopic (exact) mass is 473 g/mol. The number of carbonyl (C=O) groups excluding carboxylic acids is 1. The molecule has 0 aliphatic carbocycles. The zero-order chi connectivity index (χ0) is 24.0. The van der Waals surface area contributed by atoms with Gasteiger partial charge in [0, 0.05) is 11.6 Å². The van der Waals surface area contributed by atoms with Crippen molar-refractivity contribution in [1.82, 2.24) is 4.90 Å². The number of rotatable bonds is 5. The largest absolute Gasteiger partial charge is 0.494 e. The van der Waals surface area contributed by atoms with Crippen LogP contribution in [-0.2, 0) is 6.54 Å². The first-order valence-corrected chi connectivity index (χ1v) is 11.6. The van der Waals surface area contributed by atoms with Gasteiger partial charge in [0.05, 0.1) is 23.6 Å². The lowest BCUT2D eigenvalue weighted by atomic mass is 9.97. The molecule has 1 aromatic heterocycles. The van der Waals surface area contributed by atoms with Crippen molar-refractivity contribution in [3.8, 4) is 5.75 Å². The number of aryl methyl sites for hydroxylation is 2. The minimum Gasteiger partial charge on any atom is -0.494 e. The normalized spacial score (nSPS) is 15.1. The van der Waals surface area contributed by atoms with Gasteiger partial charge in [-0.2, -0.15) is 0 Å². The van der Waals surface area contributed by atoms with Crippen LogP contribution in [0.5, 0.6) is 5.75 Å². The molecule has 0 radical (unpaired) electrons. The molecular weight excluding hydrogens is 450 g/mol. The van der Waals surface area contributed by atoms with E-state index in [1.165, 1.54) is 0 Å². The van der Waals surface area contributed by atoms with E-state index in [0.717, 1.165) is 22.3 Å². The summed E-state index contributed by atoms with van der Waals surface area (Å²) in [6.45, 7) is 6.49. The maximum absolute atomic E-state index is 13.8. The summed E-state index contributed by atoms with van der Waals surface area (Å²) in [5.74, 6) is 0.430. The van der Waals surface area contributed by atoms with Gasteiger partial charge in [0.1, 0.15) is 11.3 Å². The second-order valence-corrected chi connectivity index (χ2v) is 8.97. The highest BCUT2D eigenvalue weighted by atomic mass is 35.5. The molecule has 0 saturated carbocycles. The Morgan fingerprint density at radius 3 is 2.59 bits per heavy atom. The van der Waals surface area contributed by atoms with Crippen LogP contribution in [0.1, 0.15) is 51.3 Å². The molecule has 0 fully saturated rings. The van der Waals surface area contributed by atoms with Crippen molar-refractivity contribution in [1.29, 1.82) is 0 Å². The van der Waals surface area contributed by atoms with E-state index >= 15 is 0 Å². The van der Waals surface area contributed by atoms with Crippen molar-refractivity contribution < 1.29 is 13.9 Å². The minimum atomic E-state index is -0.624. The summed E-state index contributed by atoms with van der Waals surface area (Å²) in [5, 5.41) is 1.04. The molecule has 5 rings (SSSR count). The lowest BCUT2D eigenvalue weighted by Crippen LogP contribution is -2.29. The number of nitrogens with zero attached hydrogens (tertiary/aromatic N) is 1. The molecule has 34 heavy (non-hydrogen) atoms. The smallest absolute Gasteiger partial charge is 0.291 e. The van der Waals surface area contributed by atoms with E-state index in [0.29, 0.717) is 33.9 Å². The highest BCUT2D eigenvalue weighted by molar-refractivity contribution is 6.31. The Morgan fingerprint density at radius 2 is 1.82 bits per heavy atom. The van der Waals surface area contributed by atoms with E-state index in [1.54, 1.807) is 11.0 Å². The fourth-order valence-electron chi connectivity index (χ4n) is 4.74. The van der Waals surface area contributed by atoms with Crippen LogP contribution in [0.25, 0.3) is 11.0 Å². The molecule has 1 amide bonds. The highest BCUT2D eigenvalue weighted by Gasteiger charge is 2.43. The average Bonchev–Trinajstić information content (AvgIpc) is 3.08. The van der Waals surface area contributed by atoms with Crippen LogP contribution in [-0.4, -0.2) is 17.4 Å². The lowest BCUT2D eigenvalue weighted by molar-refractivity contribution is 0.0714. The van der Waals surface area contributed by atoms with Crippen LogP contribution in [0.2, 0.25) is 5.02 Å². The quantitative estimate of drug-likeness (QED) is 0.346. The molecule has 1 aliphatic heterocycles. The van der Waals surface area contributed by atoms with Gasteiger partial charge in [0.2, 0.25) is 5.76 Å². The minimum absolute atomic E-state index is 0.0864. The van der Waals surface area contributed by atoms with Gasteiger partial charge in [-0.3, -0.25) is 9.59 Å². The fraction of sp³-hybridized carbons (Fsp3) is 0.214. The van der Waals surface area contributed by atoms with Crippen molar-refractivity contribution in [3.05, 3.63) is 109 Å². The Morgan fingerprint density at radius 1 is 1.03 bits per heavy atom. The predicted molar refractivity (Wildman–Crippen MR) is 133 cm³/mol. The number of carbonyl (C=O) groups is 1. The molecule has 3 aromatic carbocycles. The molecule has 0 saturated heterocycles. The Kier molecular flexibility index (Phi) is 5.66. The zero-order valence-corrected chi connectivity index (χ0v) is 20.0. The summed E-state index contributed by atoms with van der Waals surface area (Å²) in [6.07, 6.45) is 0. The van der Waals surface area contributed by atoms with Gasteiger partial charge in [0.15, 0.2) is 5.43 Å². The number of ether oxygens (including phenoxy) is 1. The molecule has 4 aromatic rings. The first-order chi connectivity index (χ1) is 16.4. The molecule has 1 aliphatic rings. The molecule has 172 valence electrons. The van der Waals surface area contributed by atoms with E-state index < -0.39 is 6.04 Å². The summed E-state index contributed by atoms with van der Waals surface area (Å²) in [6, 6.07) is 18.0. The lowest BCUT2D eigenvalue weighted by Gasteiger charge is -2.26. The number of fused-ring (bicyclic) bond motifs is 2. The molecule has 1 unspecified atom stereocenters. The fourth-order valence-corrected chi connectivity index (χ4v) is 4.93. The third-order valence-corrected chi connectivity index (χ3v) is 6.55. The van der Waals surface area contributed by atoms with Gasteiger partial charge in [-0.1, -0.05) is 48.0 Å². The third-order valence-electron chi connectivity index (χ3n) is 6.18. The summed E-state index contributed by atoms with van der Waals surface area (Å²) in [7, 11) is 0. The maximum Gasteiger partial charge on any atom is 0.291 e. The van der Waals surface area contributed by atoms with Crippen LogP contribution in [0, 0.1) is 13.8 Å². The first-order valence-electron chi connectivity index (χ1n) is 11.2. The van der Waals surface area contributed by atoms with E-state index in [9.17, 15) is 9.59 Å². The van der Waals surface area contributed by atoms with Crippen LogP contribution in [0.3, 0.4) is 0 Å². The van der Waals surface area contributed by atoms with Crippen molar-refractivity contribution in [2.75, 3.05) is 6.61 Å². The molecule has 6 heteroatoms. The molecule has 0 spiro atoms. The van der Waals surface area contributed by atoms with Crippen molar-refractivity contribution in [2.24, 2.45) is 0 Å². The van der Waals surface area contributed by atoms with Crippen LogP contribution < -0.4 is 10.2 Å². The number of halogens is 1. The van der Waals surface area contributed by atoms with Crippen molar-refractivity contribution in [2.45, 2.75) is 33.4 Å². The van der Waals surface area contributed by atoms with Crippen LogP contribution >= 0.6 is 11.6 Å². The van der Waals surface area contributed by atoms with E-state index in [1.807, 2.05) is 75.4 Å². The number of hydrogen-bond acceptors (Lipinski definition) is 4. The predicted octanol–water partition coefficient (Wildman–Crippen LogP) is 6.21. The van der Waals surface area contributed by atoms with Crippen LogP contribution in [0.4, 0.5) is 0 Å². The first kappa shape index (κ1) is 22.2. The van der Waals surface area contributed by atoms with Gasteiger partial charge in [-0.15, -0.1) is 0 Å². The Labute approximate surface area is 202 Å². The van der Waals surface area contributed by atoms with Crippen molar-refractivity contribution >= 4 is 28.5 Å². The van der Waals surface area contributed by atoms with E-state index in [2.05, 4.69) is 0 Å². The van der Waals surface area contributed by atoms with Gasteiger partial charge >= 0.3 is 0 Å². The standard InChI is InChI=1S/C28H24ClNO4/c1-4-33-20-10-7-9-18(14-20)24-23-25(31)21-13-16(2)12-17(3)26(21)34-27(23)28(32)30(24)15-19-8-5-6-11-22(19)29/h5-14,24H,4,15H2,1-3H3. The Balaban J connectivity index is 1.75. The van der Waals surface area contributed by atoms with Gasteiger partial charge in [-0.05, 0) is 67.3 Å². The average molecular weight is 474 g/mol.